The summed E-state index contributed by atoms with van der Waals surface area (Å²) in [4.78, 5) is 12.0. The molecule has 1 aromatic heterocycles. The number of aromatic nitrogens is 1. The fourth-order valence-electron chi connectivity index (χ4n) is 3.54. The van der Waals surface area contributed by atoms with Crippen LogP contribution in [0.2, 0.25) is 0 Å². The maximum Gasteiger partial charge on any atom is 0.406 e. The molecule has 5 N–H and O–H groups in total. The number of primary amides is 1. The van der Waals surface area contributed by atoms with Gasteiger partial charge in [-0.3, -0.25) is 4.79 Å². The van der Waals surface area contributed by atoms with E-state index in [4.69, 9.17) is 11.5 Å². The van der Waals surface area contributed by atoms with E-state index >= 15 is 0 Å². The van der Waals surface area contributed by atoms with Crippen LogP contribution in [0.1, 0.15) is 27.2 Å². The second kappa shape index (κ2) is 6.74. The second-order valence-corrected chi connectivity index (χ2v) is 6.69. The number of nitriles is 1. The first kappa shape index (κ1) is 20.1. The van der Waals surface area contributed by atoms with E-state index in [1.807, 2.05) is 6.07 Å². The van der Waals surface area contributed by atoms with E-state index in [0.29, 0.717) is 11.1 Å². The minimum Gasteiger partial charge on any atom is -0.508 e. The van der Waals surface area contributed by atoms with Crippen LogP contribution in [0.3, 0.4) is 0 Å². The van der Waals surface area contributed by atoms with Gasteiger partial charge in [0.25, 0.3) is 5.91 Å². The number of halogens is 3. The first-order valence-electron chi connectivity index (χ1n) is 8.48. The largest absolute Gasteiger partial charge is 0.508 e. The summed E-state index contributed by atoms with van der Waals surface area (Å²) in [5, 5.41) is 19.9. The van der Waals surface area contributed by atoms with E-state index in [0.717, 1.165) is 4.57 Å². The van der Waals surface area contributed by atoms with Crippen LogP contribution in [0.5, 0.6) is 5.75 Å². The summed E-state index contributed by atoms with van der Waals surface area (Å²) in [5.41, 5.74) is 12.4. The van der Waals surface area contributed by atoms with Crippen molar-refractivity contribution in [1.82, 2.24) is 4.57 Å². The Morgan fingerprint density at radius 2 is 1.97 bits per heavy atom. The number of benzene rings is 2. The summed E-state index contributed by atoms with van der Waals surface area (Å²) in [5.74, 6) is -0.983. The number of fused-ring (bicyclic) bond motifs is 1. The van der Waals surface area contributed by atoms with Gasteiger partial charge < -0.3 is 21.1 Å². The van der Waals surface area contributed by atoms with Crippen LogP contribution >= 0.6 is 0 Å². The molecule has 9 heteroatoms. The average Bonchev–Trinajstić information content (AvgIpc) is 2.87. The quantitative estimate of drug-likeness (QED) is 0.578. The molecule has 0 radical (unpaired) electrons. The van der Waals surface area contributed by atoms with Gasteiger partial charge in [-0.1, -0.05) is 12.1 Å². The van der Waals surface area contributed by atoms with Crippen LogP contribution in [0.25, 0.3) is 22.0 Å². The number of nitrogen functional groups attached to an aromatic ring is 1. The van der Waals surface area contributed by atoms with Gasteiger partial charge in [0.15, 0.2) is 0 Å². The number of rotatable bonds is 3. The molecule has 3 rings (SSSR count). The maximum absolute atomic E-state index is 13.2. The molecule has 6 nitrogen and oxygen atoms in total. The number of nitrogens with zero attached hydrogens (tertiary/aromatic N) is 2. The third-order valence-corrected chi connectivity index (χ3v) is 4.94. The SMILES string of the molecule is Cc1c(O)cccc1-c1c(N)c(C(N)=O)cc2c1c(C#N)c(C)n2CC(F)(F)F. The zero-order valence-corrected chi connectivity index (χ0v) is 15.6. The summed E-state index contributed by atoms with van der Waals surface area (Å²) in [6.45, 7) is 1.64. The molecular formula is C20H17F3N4O2. The minimum atomic E-state index is -4.56. The monoisotopic (exact) mass is 402 g/mol. The first-order valence-corrected chi connectivity index (χ1v) is 8.48. The van der Waals surface area contributed by atoms with Crippen LogP contribution in [-0.4, -0.2) is 21.8 Å². The van der Waals surface area contributed by atoms with Crippen molar-refractivity contribution in [3.8, 4) is 22.9 Å². The van der Waals surface area contributed by atoms with E-state index in [2.05, 4.69) is 0 Å². The van der Waals surface area contributed by atoms with Gasteiger partial charge in [0.05, 0.1) is 22.3 Å². The molecule has 1 heterocycles. The van der Waals surface area contributed by atoms with Gasteiger partial charge in [-0.05, 0) is 37.1 Å². The molecular weight excluding hydrogens is 385 g/mol. The molecule has 0 aliphatic heterocycles. The molecule has 0 fully saturated rings. The van der Waals surface area contributed by atoms with Crippen molar-refractivity contribution in [3.63, 3.8) is 0 Å². The highest BCUT2D eigenvalue weighted by Crippen LogP contribution is 2.43. The van der Waals surface area contributed by atoms with Crippen LogP contribution in [0.15, 0.2) is 24.3 Å². The molecule has 0 unspecified atom stereocenters. The highest BCUT2D eigenvalue weighted by molar-refractivity contribution is 6.13. The number of carbonyl (C=O) groups excluding carboxylic acids is 1. The fraction of sp³-hybridized carbons (Fsp3) is 0.200. The number of aromatic hydroxyl groups is 1. The molecule has 0 saturated heterocycles. The molecule has 29 heavy (non-hydrogen) atoms. The Kier molecular flexibility index (Phi) is 4.66. The zero-order valence-electron chi connectivity index (χ0n) is 15.6. The number of hydrogen-bond acceptors (Lipinski definition) is 4. The molecule has 150 valence electrons. The van der Waals surface area contributed by atoms with Crippen LogP contribution in [-0.2, 0) is 6.54 Å². The Labute approximate surface area is 163 Å². The highest BCUT2D eigenvalue weighted by Gasteiger charge is 2.32. The number of carbonyl (C=O) groups is 1. The Morgan fingerprint density at radius 1 is 1.31 bits per heavy atom. The number of phenols is 1. The predicted molar refractivity (Wildman–Crippen MR) is 102 cm³/mol. The van der Waals surface area contributed by atoms with Crippen LogP contribution < -0.4 is 11.5 Å². The number of amides is 1. The standard InChI is InChI=1S/C20H17F3N4O2/c1-9-11(4-3-5-15(9)28)17-16-13(7-24)10(2)27(8-20(21,22)23)14(16)6-12(18(17)25)19(26)29/h3-6,28H,8,25H2,1-2H3,(H2,26,29). The molecule has 0 spiro atoms. The lowest BCUT2D eigenvalue weighted by Crippen LogP contribution is -2.19. The van der Waals surface area contributed by atoms with E-state index in [1.165, 1.54) is 25.1 Å². The van der Waals surface area contributed by atoms with Gasteiger partial charge in [0.1, 0.15) is 18.4 Å². The van der Waals surface area contributed by atoms with Crippen molar-refractivity contribution in [3.05, 3.63) is 46.6 Å². The van der Waals surface area contributed by atoms with E-state index in [9.17, 15) is 28.3 Å². The molecule has 0 aliphatic carbocycles. The van der Waals surface area contributed by atoms with Crippen molar-refractivity contribution in [2.45, 2.75) is 26.6 Å². The van der Waals surface area contributed by atoms with Gasteiger partial charge in [-0.15, -0.1) is 0 Å². The molecule has 0 bridgehead atoms. The Morgan fingerprint density at radius 3 is 2.52 bits per heavy atom. The van der Waals surface area contributed by atoms with Crippen LogP contribution in [0.4, 0.5) is 18.9 Å². The van der Waals surface area contributed by atoms with Gasteiger partial charge in [0, 0.05) is 16.6 Å². The Bertz CT molecular complexity index is 1200. The first-order chi connectivity index (χ1) is 13.5. The molecule has 0 saturated carbocycles. The topological polar surface area (TPSA) is 118 Å². The van der Waals surface area contributed by atoms with E-state index in [-0.39, 0.29) is 44.7 Å². The second-order valence-electron chi connectivity index (χ2n) is 6.69. The number of alkyl halides is 3. The molecule has 1 amide bonds. The van der Waals surface area contributed by atoms with Crippen molar-refractivity contribution in [2.24, 2.45) is 5.73 Å². The smallest absolute Gasteiger partial charge is 0.406 e. The number of hydrogen-bond donors (Lipinski definition) is 3. The molecule has 0 aliphatic rings. The van der Waals surface area contributed by atoms with Gasteiger partial charge >= 0.3 is 6.18 Å². The number of nitrogens with two attached hydrogens (primary N) is 2. The van der Waals surface area contributed by atoms with Crippen molar-refractivity contribution >= 4 is 22.5 Å². The van der Waals surface area contributed by atoms with E-state index in [1.54, 1.807) is 13.0 Å². The summed E-state index contributed by atoms with van der Waals surface area (Å²) >= 11 is 0. The minimum absolute atomic E-state index is 0.00436. The van der Waals surface area contributed by atoms with E-state index < -0.39 is 18.6 Å². The van der Waals surface area contributed by atoms with Crippen molar-refractivity contribution in [1.29, 1.82) is 5.26 Å². The lowest BCUT2D eigenvalue weighted by Gasteiger charge is -2.16. The highest BCUT2D eigenvalue weighted by atomic mass is 19.4. The zero-order chi connectivity index (χ0) is 21.7. The van der Waals surface area contributed by atoms with Gasteiger partial charge in [-0.2, -0.15) is 18.4 Å². The average molecular weight is 402 g/mol. The normalized spacial score (nSPS) is 11.6. The lowest BCUT2D eigenvalue weighted by molar-refractivity contribution is -0.140. The molecule has 0 atom stereocenters. The Balaban J connectivity index is 2.59. The van der Waals surface area contributed by atoms with Gasteiger partial charge in [-0.25, -0.2) is 0 Å². The molecule has 2 aromatic carbocycles. The van der Waals surface area contributed by atoms with Crippen molar-refractivity contribution < 1.29 is 23.1 Å². The van der Waals surface area contributed by atoms with Crippen molar-refractivity contribution in [2.75, 3.05) is 5.73 Å². The lowest BCUT2D eigenvalue weighted by atomic mass is 9.91. The summed E-state index contributed by atoms with van der Waals surface area (Å²) in [7, 11) is 0. The summed E-state index contributed by atoms with van der Waals surface area (Å²) in [6.07, 6.45) is -4.56. The maximum atomic E-state index is 13.2. The summed E-state index contributed by atoms with van der Waals surface area (Å²) < 4.78 is 40.5. The third kappa shape index (κ3) is 3.23. The number of anilines is 1. The Hall–Kier alpha value is -3.67. The van der Waals surface area contributed by atoms with Crippen LogP contribution in [0, 0.1) is 25.2 Å². The number of phenolic OH excluding ortho intramolecular Hbond substituents is 1. The fourth-order valence-corrected chi connectivity index (χ4v) is 3.54. The summed E-state index contributed by atoms with van der Waals surface area (Å²) in [6, 6.07) is 7.69. The third-order valence-electron chi connectivity index (χ3n) is 4.94. The molecule has 3 aromatic rings. The van der Waals surface area contributed by atoms with Gasteiger partial charge in [0.2, 0.25) is 0 Å². The predicted octanol–water partition coefficient (Wildman–Crippen LogP) is 3.75.